The second-order valence-electron chi connectivity index (χ2n) is 5.45. The van der Waals surface area contributed by atoms with Crippen LogP contribution in [-0.2, 0) is 19.9 Å². The third-order valence-corrected chi connectivity index (χ3v) is 3.59. The third kappa shape index (κ3) is 3.97. The highest BCUT2D eigenvalue weighted by Crippen LogP contribution is 2.34. The van der Waals surface area contributed by atoms with Crippen molar-refractivity contribution in [3.05, 3.63) is 40.2 Å². The second-order valence-corrected chi connectivity index (χ2v) is 5.89. The number of hydrogen-bond donors (Lipinski definition) is 0. The minimum Gasteiger partial charge on any atom is -0.493 e. The third-order valence-electron chi connectivity index (χ3n) is 3.37. The summed E-state index contributed by atoms with van der Waals surface area (Å²) in [6.07, 6.45) is 3.61. The number of benzene rings is 1. The molecule has 1 aromatic heterocycles. The van der Waals surface area contributed by atoms with Gasteiger partial charge in [-0.05, 0) is 48.9 Å². The van der Waals surface area contributed by atoms with Gasteiger partial charge in [-0.3, -0.25) is 4.68 Å². The molecule has 2 rings (SSSR count). The van der Waals surface area contributed by atoms with Crippen molar-refractivity contribution in [3.8, 4) is 5.75 Å². The van der Waals surface area contributed by atoms with Gasteiger partial charge in [-0.2, -0.15) is 0 Å². The maximum atomic E-state index is 6.26. The maximum Gasteiger partial charge on any atom is 0.126 e. The molecular formula is C16H22ClN3O. The van der Waals surface area contributed by atoms with Crippen LogP contribution in [0.15, 0.2) is 18.3 Å². The Balaban J connectivity index is 2.27. The SMILES string of the molecule is CCOc1c(CCc2cn(C)nn2)cc(Cl)cc1C(C)C. The first-order valence-corrected chi connectivity index (χ1v) is 7.69. The van der Waals surface area contributed by atoms with Crippen LogP contribution in [0.5, 0.6) is 5.75 Å². The zero-order chi connectivity index (χ0) is 15.4. The monoisotopic (exact) mass is 307 g/mol. The van der Waals surface area contributed by atoms with E-state index in [9.17, 15) is 0 Å². The molecule has 21 heavy (non-hydrogen) atoms. The van der Waals surface area contributed by atoms with Gasteiger partial charge < -0.3 is 4.74 Å². The zero-order valence-electron chi connectivity index (χ0n) is 13.1. The number of aryl methyl sites for hydroxylation is 3. The van der Waals surface area contributed by atoms with E-state index in [-0.39, 0.29) is 0 Å². The average Bonchev–Trinajstić information content (AvgIpc) is 2.84. The Kier molecular flexibility index (Phi) is 5.23. The normalized spacial score (nSPS) is 11.1. The van der Waals surface area contributed by atoms with Gasteiger partial charge in [-0.15, -0.1) is 5.10 Å². The zero-order valence-corrected chi connectivity index (χ0v) is 13.8. The Morgan fingerprint density at radius 3 is 2.62 bits per heavy atom. The summed E-state index contributed by atoms with van der Waals surface area (Å²) in [4.78, 5) is 0. The summed E-state index contributed by atoms with van der Waals surface area (Å²) in [5, 5.41) is 8.85. The summed E-state index contributed by atoms with van der Waals surface area (Å²) < 4.78 is 7.60. The van der Waals surface area contributed by atoms with Crippen LogP contribution in [0.25, 0.3) is 0 Å². The fourth-order valence-electron chi connectivity index (χ4n) is 2.38. The number of aromatic nitrogens is 3. The van der Waals surface area contributed by atoms with Crippen LogP contribution in [0.1, 0.15) is 43.5 Å². The van der Waals surface area contributed by atoms with Crippen LogP contribution in [0.4, 0.5) is 0 Å². The van der Waals surface area contributed by atoms with Gasteiger partial charge in [0.25, 0.3) is 0 Å². The number of halogens is 1. The van der Waals surface area contributed by atoms with Crippen LogP contribution in [0, 0.1) is 0 Å². The Morgan fingerprint density at radius 2 is 2.05 bits per heavy atom. The van der Waals surface area contributed by atoms with Crippen molar-refractivity contribution in [2.45, 2.75) is 39.5 Å². The van der Waals surface area contributed by atoms with E-state index in [2.05, 4.69) is 24.2 Å². The molecule has 0 aliphatic rings. The van der Waals surface area contributed by atoms with Crippen molar-refractivity contribution in [1.29, 1.82) is 0 Å². The van der Waals surface area contributed by atoms with Gasteiger partial charge >= 0.3 is 0 Å². The number of hydrogen-bond acceptors (Lipinski definition) is 3. The van der Waals surface area contributed by atoms with E-state index in [0.29, 0.717) is 12.5 Å². The predicted octanol–water partition coefficient (Wildman–Crippen LogP) is 3.78. The molecule has 0 radical (unpaired) electrons. The molecule has 1 heterocycles. The summed E-state index contributed by atoms with van der Waals surface area (Å²) in [6.45, 7) is 6.96. The van der Waals surface area contributed by atoms with Crippen molar-refractivity contribution >= 4 is 11.6 Å². The minimum atomic E-state index is 0.375. The fourth-order valence-corrected chi connectivity index (χ4v) is 2.63. The van der Waals surface area contributed by atoms with Crippen molar-refractivity contribution in [1.82, 2.24) is 15.0 Å². The van der Waals surface area contributed by atoms with Crippen molar-refractivity contribution < 1.29 is 4.74 Å². The van der Waals surface area contributed by atoms with Gasteiger partial charge in [0.2, 0.25) is 0 Å². The molecule has 0 saturated heterocycles. The second kappa shape index (κ2) is 6.94. The highest BCUT2D eigenvalue weighted by molar-refractivity contribution is 6.30. The topological polar surface area (TPSA) is 39.9 Å². The Bertz CT molecular complexity index is 608. The molecule has 0 aliphatic heterocycles. The molecule has 114 valence electrons. The molecule has 0 amide bonds. The lowest BCUT2D eigenvalue weighted by Gasteiger charge is -2.18. The smallest absolute Gasteiger partial charge is 0.126 e. The number of nitrogens with zero attached hydrogens (tertiary/aromatic N) is 3. The number of ether oxygens (including phenoxy) is 1. The van der Waals surface area contributed by atoms with Gasteiger partial charge in [0.05, 0.1) is 12.3 Å². The molecule has 4 nitrogen and oxygen atoms in total. The van der Waals surface area contributed by atoms with Crippen molar-refractivity contribution in [3.63, 3.8) is 0 Å². The Labute approximate surface area is 131 Å². The highest BCUT2D eigenvalue weighted by Gasteiger charge is 2.15. The molecule has 1 aromatic carbocycles. The Hall–Kier alpha value is -1.55. The van der Waals surface area contributed by atoms with Crippen LogP contribution < -0.4 is 4.74 Å². The van der Waals surface area contributed by atoms with Gasteiger partial charge in [-0.25, -0.2) is 0 Å². The molecule has 5 heteroatoms. The van der Waals surface area contributed by atoms with Gasteiger partial charge in [0, 0.05) is 18.3 Å². The van der Waals surface area contributed by atoms with Gasteiger partial charge in [-0.1, -0.05) is 30.7 Å². The summed E-state index contributed by atoms with van der Waals surface area (Å²) in [6, 6.07) is 4.00. The lowest BCUT2D eigenvalue weighted by Crippen LogP contribution is -2.04. The van der Waals surface area contributed by atoms with E-state index < -0.39 is 0 Å². The van der Waals surface area contributed by atoms with Crippen LogP contribution in [0.3, 0.4) is 0 Å². The summed E-state index contributed by atoms with van der Waals surface area (Å²) in [5.41, 5.74) is 3.28. The lowest BCUT2D eigenvalue weighted by molar-refractivity contribution is 0.331. The van der Waals surface area contributed by atoms with E-state index in [1.165, 1.54) is 5.56 Å². The number of rotatable bonds is 6. The summed E-state index contributed by atoms with van der Waals surface area (Å²) in [5.74, 6) is 1.35. The molecule has 0 spiro atoms. The standard InChI is InChI=1S/C16H22ClN3O/c1-5-21-16-12(6-7-14-10-20(4)19-18-14)8-13(17)9-15(16)11(2)3/h8-11H,5-7H2,1-4H3. The van der Waals surface area contributed by atoms with Gasteiger partial charge in [0.15, 0.2) is 0 Å². The molecule has 0 bridgehead atoms. The van der Waals surface area contributed by atoms with Crippen molar-refractivity contribution in [2.24, 2.45) is 7.05 Å². The molecule has 0 saturated carbocycles. The molecule has 0 N–H and O–H groups in total. The van der Waals surface area contributed by atoms with Gasteiger partial charge in [0.1, 0.15) is 5.75 Å². The van der Waals surface area contributed by atoms with E-state index in [1.807, 2.05) is 32.3 Å². The van der Waals surface area contributed by atoms with Crippen molar-refractivity contribution in [2.75, 3.05) is 6.61 Å². The molecular weight excluding hydrogens is 286 g/mol. The largest absolute Gasteiger partial charge is 0.493 e. The molecule has 0 aliphatic carbocycles. The fraction of sp³-hybridized carbons (Fsp3) is 0.500. The van der Waals surface area contributed by atoms with Crippen LogP contribution in [0.2, 0.25) is 5.02 Å². The molecule has 0 unspecified atom stereocenters. The first-order chi connectivity index (χ1) is 10.0. The van der Waals surface area contributed by atoms with E-state index in [0.717, 1.165) is 34.9 Å². The summed E-state index contributed by atoms with van der Waals surface area (Å²) >= 11 is 6.26. The van der Waals surface area contributed by atoms with E-state index in [4.69, 9.17) is 16.3 Å². The maximum absolute atomic E-state index is 6.26. The van der Waals surface area contributed by atoms with E-state index in [1.54, 1.807) is 4.68 Å². The lowest BCUT2D eigenvalue weighted by atomic mass is 9.96. The quantitative estimate of drug-likeness (QED) is 0.815. The van der Waals surface area contributed by atoms with E-state index >= 15 is 0 Å². The molecule has 0 fully saturated rings. The van der Waals surface area contributed by atoms with Crippen LogP contribution in [-0.4, -0.2) is 21.6 Å². The summed E-state index contributed by atoms with van der Waals surface area (Å²) in [7, 11) is 1.87. The predicted molar refractivity (Wildman–Crippen MR) is 85.1 cm³/mol. The first-order valence-electron chi connectivity index (χ1n) is 7.31. The first kappa shape index (κ1) is 15.8. The van der Waals surface area contributed by atoms with Crippen LogP contribution >= 0.6 is 11.6 Å². The average molecular weight is 308 g/mol. The highest BCUT2D eigenvalue weighted by atomic mass is 35.5. The molecule has 2 aromatic rings. The Morgan fingerprint density at radius 1 is 1.29 bits per heavy atom. The minimum absolute atomic E-state index is 0.375. The molecule has 0 atom stereocenters.